The monoisotopic (exact) mass is 234 g/mol. The summed E-state index contributed by atoms with van der Waals surface area (Å²) in [6.45, 7) is 0. The zero-order valence-electron chi connectivity index (χ0n) is 7.21. The number of nitrogen functional groups attached to an aromatic ring is 1. The van der Waals surface area contributed by atoms with Crippen molar-refractivity contribution in [3.8, 4) is 0 Å². The molecule has 0 aliphatic rings. The number of nitrogens with two attached hydrogens (primary N) is 1. The van der Waals surface area contributed by atoms with Crippen molar-refractivity contribution >= 4 is 46.0 Å². The van der Waals surface area contributed by atoms with Crippen molar-refractivity contribution in [2.24, 2.45) is 0 Å². The third-order valence-corrected chi connectivity index (χ3v) is 2.50. The van der Waals surface area contributed by atoms with E-state index in [0.29, 0.717) is 5.82 Å². The fourth-order valence-electron chi connectivity index (χ4n) is 1.43. The van der Waals surface area contributed by atoms with E-state index in [4.69, 9.17) is 5.73 Å². The molecule has 0 unspecified atom stereocenters. The van der Waals surface area contributed by atoms with Crippen molar-refractivity contribution in [1.82, 2.24) is 4.98 Å². The summed E-state index contributed by atoms with van der Waals surface area (Å²) >= 11 is 3.42. The van der Waals surface area contributed by atoms with Gasteiger partial charge in [-0.2, -0.15) is 0 Å². The molecule has 2 aromatic rings. The zero-order valence-corrected chi connectivity index (χ0v) is 8.80. The zero-order chi connectivity index (χ0) is 9.42. The SMILES string of the molecule is Bc1nc(N)cc2cc(Br)ccc12. The number of anilines is 1. The second-order valence-corrected chi connectivity index (χ2v) is 3.91. The van der Waals surface area contributed by atoms with Crippen LogP contribution in [0.15, 0.2) is 28.7 Å². The second-order valence-electron chi connectivity index (χ2n) is 3.00. The molecule has 4 heteroatoms. The standard InChI is InChI=1S/C9H8BBrN2/c10-9-7-2-1-6(11)3-5(7)4-8(12)13-9/h1-4H,10H2,(H2,12,13). The largest absolute Gasteiger partial charge is 0.384 e. The highest BCUT2D eigenvalue weighted by molar-refractivity contribution is 9.10. The molecule has 2 N–H and O–H groups in total. The summed E-state index contributed by atoms with van der Waals surface area (Å²) in [5.74, 6) is 0.572. The molecule has 13 heavy (non-hydrogen) atoms. The molecule has 0 bridgehead atoms. The van der Waals surface area contributed by atoms with Crippen molar-refractivity contribution in [2.45, 2.75) is 0 Å². The molecule has 0 aliphatic heterocycles. The molecule has 0 saturated heterocycles. The lowest BCUT2D eigenvalue weighted by Gasteiger charge is -2.03. The molecule has 64 valence electrons. The lowest BCUT2D eigenvalue weighted by Crippen LogP contribution is -2.11. The fourth-order valence-corrected chi connectivity index (χ4v) is 1.81. The molecular weight excluding hydrogens is 227 g/mol. The Hall–Kier alpha value is -1.03. The van der Waals surface area contributed by atoms with Crippen molar-refractivity contribution < 1.29 is 0 Å². The molecule has 2 rings (SSSR count). The number of aromatic nitrogens is 1. The number of hydrogen-bond donors (Lipinski definition) is 1. The molecule has 2 nitrogen and oxygen atoms in total. The van der Waals surface area contributed by atoms with Crippen LogP contribution in [0.5, 0.6) is 0 Å². The van der Waals surface area contributed by atoms with Gasteiger partial charge in [-0.3, -0.25) is 0 Å². The number of hydrogen-bond acceptors (Lipinski definition) is 2. The Kier molecular flexibility index (Phi) is 2.00. The molecular formula is C9H8BBrN2. The van der Waals surface area contributed by atoms with Gasteiger partial charge in [0.2, 0.25) is 0 Å². The van der Waals surface area contributed by atoms with E-state index in [1.165, 1.54) is 0 Å². The first-order valence-corrected chi connectivity index (χ1v) is 4.78. The summed E-state index contributed by atoms with van der Waals surface area (Å²) in [6, 6.07) is 7.97. The van der Waals surface area contributed by atoms with Gasteiger partial charge in [0, 0.05) is 10.1 Å². The van der Waals surface area contributed by atoms with Gasteiger partial charge in [-0.1, -0.05) is 22.0 Å². The van der Waals surface area contributed by atoms with Gasteiger partial charge in [0.15, 0.2) is 7.85 Å². The summed E-state index contributed by atoms with van der Waals surface area (Å²) in [5.41, 5.74) is 6.62. The van der Waals surface area contributed by atoms with Crippen LogP contribution in [0, 0.1) is 0 Å². The third kappa shape index (κ3) is 1.54. The molecule has 1 aromatic heterocycles. The predicted octanol–water partition coefficient (Wildman–Crippen LogP) is 0.838. The van der Waals surface area contributed by atoms with Crippen LogP contribution in [0.3, 0.4) is 0 Å². The van der Waals surface area contributed by atoms with E-state index in [1.807, 2.05) is 32.1 Å². The van der Waals surface area contributed by atoms with Crippen molar-refractivity contribution in [2.75, 3.05) is 5.73 Å². The number of nitrogens with zero attached hydrogens (tertiary/aromatic N) is 1. The summed E-state index contributed by atoms with van der Waals surface area (Å²) in [7, 11) is 1.96. The minimum Gasteiger partial charge on any atom is -0.384 e. The highest BCUT2D eigenvalue weighted by Crippen LogP contribution is 2.18. The summed E-state index contributed by atoms with van der Waals surface area (Å²) in [4.78, 5) is 4.19. The first-order chi connectivity index (χ1) is 6.16. The van der Waals surface area contributed by atoms with Crippen molar-refractivity contribution in [3.05, 3.63) is 28.7 Å². The van der Waals surface area contributed by atoms with Crippen LogP contribution in [0.4, 0.5) is 5.82 Å². The van der Waals surface area contributed by atoms with Crippen LogP contribution in [0.1, 0.15) is 0 Å². The maximum absolute atomic E-state index is 5.65. The second kappa shape index (κ2) is 3.03. The maximum Gasteiger partial charge on any atom is 0.164 e. The van der Waals surface area contributed by atoms with Gasteiger partial charge < -0.3 is 5.73 Å². The van der Waals surface area contributed by atoms with E-state index in [-0.39, 0.29) is 0 Å². The Bertz CT molecular complexity index is 465. The number of pyridine rings is 1. The summed E-state index contributed by atoms with van der Waals surface area (Å²) < 4.78 is 1.06. The normalized spacial score (nSPS) is 10.5. The van der Waals surface area contributed by atoms with Gasteiger partial charge in [0.05, 0.1) is 0 Å². The van der Waals surface area contributed by atoms with E-state index >= 15 is 0 Å². The number of fused-ring (bicyclic) bond motifs is 1. The van der Waals surface area contributed by atoms with E-state index < -0.39 is 0 Å². The van der Waals surface area contributed by atoms with E-state index in [2.05, 4.69) is 20.9 Å². The quantitative estimate of drug-likeness (QED) is 0.687. The van der Waals surface area contributed by atoms with Crippen LogP contribution >= 0.6 is 15.9 Å². The topological polar surface area (TPSA) is 38.9 Å². The van der Waals surface area contributed by atoms with Crippen LogP contribution < -0.4 is 11.3 Å². The van der Waals surface area contributed by atoms with Crippen LogP contribution in [-0.2, 0) is 0 Å². The summed E-state index contributed by atoms with van der Waals surface area (Å²) in [6.07, 6.45) is 0. The van der Waals surface area contributed by atoms with Gasteiger partial charge in [-0.15, -0.1) is 0 Å². The molecule has 0 aliphatic carbocycles. The van der Waals surface area contributed by atoms with E-state index in [1.54, 1.807) is 0 Å². The lowest BCUT2D eigenvalue weighted by molar-refractivity contribution is 1.42. The van der Waals surface area contributed by atoms with Gasteiger partial charge in [0.25, 0.3) is 0 Å². The van der Waals surface area contributed by atoms with Crippen LogP contribution in [-0.4, -0.2) is 12.8 Å². The number of halogens is 1. The molecule has 0 atom stereocenters. The fraction of sp³-hybridized carbons (Fsp3) is 0. The third-order valence-electron chi connectivity index (χ3n) is 2.00. The van der Waals surface area contributed by atoms with E-state index in [9.17, 15) is 0 Å². The molecule has 0 spiro atoms. The average Bonchev–Trinajstić information content (AvgIpc) is 2.02. The predicted molar refractivity (Wildman–Crippen MR) is 62.0 cm³/mol. The van der Waals surface area contributed by atoms with Crippen LogP contribution in [0.2, 0.25) is 0 Å². The minimum atomic E-state index is 0.572. The Labute approximate surface area is 85.7 Å². The van der Waals surface area contributed by atoms with Gasteiger partial charge in [-0.25, -0.2) is 4.98 Å². The average molecular weight is 235 g/mol. The molecule has 1 aromatic carbocycles. The molecule has 0 amide bonds. The Morgan fingerprint density at radius 3 is 2.85 bits per heavy atom. The highest BCUT2D eigenvalue weighted by Gasteiger charge is 2.00. The molecule has 0 fully saturated rings. The molecule has 0 radical (unpaired) electrons. The van der Waals surface area contributed by atoms with Gasteiger partial charge in [0.1, 0.15) is 5.82 Å². The summed E-state index contributed by atoms with van der Waals surface area (Å²) in [5, 5.41) is 2.27. The lowest BCUT2D eigenvalue weighted by atomic mass is 9.97. The Morgan fingerprint density at radius 1 is 1.31 bits per heavy atom. The maximum atomic E-state index is 5.65. The van der Waals surface area contributed by atoms with Crippen molar-refractivity contribution in [1.29, 1.82) is 0 Å². The van der Waals surface area contributed by atoms with Crippen LogP contribution in [0.25, 0.3) is 10.8 Å². The number of rotatable bonds is 0. The first kappa shape index (κ1) is 8.57. The molecule has 0 saturated carbocycles. The highest BCUT2D eigenvalue weighted by atomic mass is 79.9. The van der Waals surface area contributed by atoms with Crippen molar-refractivity contribution in [3.63, 3.8) is 0 Å². The van der Waals surface area contributed by atoms with Gasteiger partial charge >= 0.3 is 0 Å². The first-order valence-electron chi connectivity index (χ1n) is 3.99. The Balaban J connectivity index is 2.86. The number of benzene rings is 1. The minimum absolute atomic E-state index is 0.572. The van der Waals surface area contributed by atoms with E-state index in [0.717, 1.165) is 20.8 Å². The Morgan fingerprint density at radius 2 is 2.08 bits per heavy atom. The molecule has 1 heterocycles. The smallest absolute Gasteiger partial charge is 0.164 e. The van der Waals surface area contributed by atoms with Gasteiger partial charge in [-0.05, 0) is 29.0 Å².